The molecule has 0 aromatic carbocycles. The van der Waals surface area contributed by atoms with Crippen molar-refractivity contribution in [3.8, 4) is 0 Å². The fourth-order valence-electron chi connectivity index (χ4n) is 1.98. The fraction of sp³-hybridized carbons (Fsp3) is 0.455. The zero-order valence-corrected chi connectivity index (χ0v) is 10.6. The van der Waals surface area contributed by atoms with Crippen molar-refractivity contribution in [2.45, 2.75) is 30.7 Å². The van der Waals surface area contributed by atoms with Crippen LogP contribution < -0.4 is 0 Å². The molecule has 0 radical (unpaired) electrons. The summed E-state index contributed by atoms with van der Waals surface area (Å²) in [6.07, 6.45) is 3.08. The molecule has 0 amide bonds. The van der Waals surface area contributed by atoms with Gasteiger partial charge in [-0.15, -0.1) is 0 Å². The molecule has 0 aliphatic carbocycles. The minimum atomic E-state index is -3.63. The second-order valence-electron chi connectivity index (χ2n) is 4.50. The molecule has 1 aliphatic rings. The van der Waals surface area contributed by atoms with Crippen LogP contribution in [0.5, 0.6) is 0 Å². The highest BCUT2D eigenvalue weighted by Crippen LogP contribution is 2.31. The van der Waals surface area contributed by atoms with Gasteiger partial charge in [-0.25, -0.2) is 8.42 Å². The number of hydrogen-bond acceptors (Lipinski definition) is 4. The number of rotatable bonds is 2. The maximum Gasteiger partial charge on any atom is 0.245 e. The van der Waals surface area contributed by atoms with E-state index in [4.69, 9.17) is 0 Å². The molecule has 1 aromatic heterocycles. The minimum absolute atomic E-state index is 0.0510. The maximum absolute atomic E-state index is 12.3. The summed E-state index contributed by atoms with van der Waals surface area (Å²) in [4.78, 5) is 15.6. The summed E-state index contributed by atoms with van der Waals surface area (Å²) < 4.78 is 25.9. The lowest BCUT2D eigenvalue weighted by molar-refractivity contribution is -0.122. The molecule has 1 saturated heterocycles. The molecule has 0 spiro atoms. The highest BCUT2D eigenvalue weighted by molar-refractivity contribution is 7.89. The number of pyridine rings is 1. The molecule has 2 rings (SSSR count). The van der Waals surface area contributed by atoms with Crippen molar-refractivity contribution < 1.29 is 13.2 Å². The van der Waals surface area contributed by atoms with Crippen LogP contribution in [0.25, 0.3) is 0 Å². The summed E-state index contributed by atoms with van der Waals surface area (Å²) in [5.74, 6) is -0.0510. The van der Waals surface area contributed by atoms with Gasteiger partial charge in [0, 0.05) is 25.4 Å². The summed E-state index contributed by atoms with van der Waals surface area (Å²) in [6, 6.07) is 3.05. The lowest BCUT2D eigenvalue weighted by Gasteiger charge is -2.28. The van der Waals surface area contributed by atoms with Gasteiger partial charge in [-0.2, -0.15) is 4.31 Å². The molecule has 92 valence electrons. The topological polar surface area (TPSA) is 67.3 Å². The Morgan fingerprint density at radius 1 is 1.41 bits per heavy atom. The molecule has 0 N–H and O–H groups in total. The van der Waals surface area contributed by atoms with Crippen LogP contribution in [0.15, 0.2) is 29.4 Å². The van der Waals surface area contributed by atoms with Gasteiger partial charge < -0.3 is 0 Å². The van der Waals surface area contributed by atoms with Gasteiger partial charge in [0.25, 0.3) is 0 Å². The van der Waals surface area contributed by atoms with Crippen molar-refractivity contribution in [1.82, 2.24) is 9.29 Å². The van der Waals surface area contributed by atoms with E-state index >= 15 is 0 Å². The van der Waals surface area contributed by atoms with Crippen molar-refractivity contribution in [2.24, 2.45) is 0 Å². The first kappa shape index (κ1) is 12.2. The van der Waals surface area contributed by atoms with Crippen molar-refractivity contribution in [2.75, 3.05) is 6.54 Å². The molecular formula is C11H14N2O3S. The average molecular weight is 254 g/mol. The van der Waals surface area contributed by atoms with Gasteiger partial charge in [0.15, 0.2) is 5.78 Å². The maximum atomic E-state index is 12.3. The third-order valence-electron chi connectivity index (χ3n) is 3.07. The average Bonchev–Trinajstić information content (AvgIpc) is 2.55. The van der Waals surface area contributed by atoms with E-state index in [1.807, 2.05) is 0 Å². The van der Waals surface area contributed by atoms with Crippen LogP contribution in [0.1, 0.15) is 20.3 Å². The molecular weight excluding hydrogens is 240 g/mol. The number of aromatic nitrogens is 1. The van der Waals surface area contributed by atoms with Crippen LogP contribution in [-0.4, -0.2) is 35.6 Å². The van der Waals surface area contributed by atoms with E-state index in [2.05, 4.69) is 4.98 Å². The fourth-order valence-corrected chi connectivity index (χ4v) is 3.71. The summed E-state index contributed by atoms with van der Waals surface area (Å²) in [5.41, 5.74) is -0.964. The van der Waals surface area contributed by atoms with Crippen molar-refractivity contribution in [3.05, 3.63) is 24.5 Å². The van der Waals surface area contributed by atoms with Crippen molar-refractivity contribution in [3.63, 3.8) is 0 Å². The number of carbonyl (C=O) groups is 1. The quantitative estimate of drug-likeness (QED) is 0.783. The lowest BCUT2D eigenvalue weighted by Crippen LogP contribution is -2.46. The van der Waals surface area contributed by atoms with Crippen LogP contribution in [0.4, 0.5) is 0 Å². The second-order valence-corrected chi connectivity index (χ2v) is 6.36. The third kappa shape index (κ3) is 1.87. The summed E-state index contributed by atoms with van der Waals surface area (Å²) in [6.45, 7) is 3.51. The monoisotopic (exact) mass is 254 g/mol. The van der Waals surface area contributed by atoms with E-state index in [9.17, 15) is 13.2 Å². The Balaban J connectivity index is 2.45. The molecule has 5 nitrogen and oxygen atoms in total. The van der Waals surface area contributed by atoms with Crippen molar-refractivity contribution >= 4 is 15.8 Å². The molecule has 1 fully saturated rings. The van der Waals surface area contributed by atoms with Gasteiger partial charge in [0.2, 0.25) is 10.0 Å². The molecule has 1 aliphatic heterocycles. The number of sulfonamides is 1. The SMILES string of the molecule is CC1(C)C(=O)CCN1S(=O)(=O)c1cccnc1. The number of Topliss-reactive ketones (excluding diaryl/α,β-unsaturated/α-hetero) is 1. The lowest BCUT2D eigenvalue weighted by atomic mass is 10.0. The molecule has 0 atom stereocenters. The summed E-state index contributed by atoms with van der Waals surface area (Å²) >= 11 is 0. The van der Waals surface area contributed by atoms with E-state index in [0.717, 1.165) is 0 Å². The number of hydrogen-bond donors (Lipinski definition) is 0. The summed E-state index contributed by atoms with van der Waals surface area (Å²) in [7, 11) is -3.63. The smallest absolute Gasteiger partial charge is 0.245 e. The number of nitrogens with zero attached hydrogens (tertiary/aromatic N) is 2. The highest BCUT2D eigenvalue weighted by atomic mass is 32.2. The van der Waals surface area contributed by atoms with Gasteiger partial charge in [0.1, 0.15) is 4.90 Å². The van der Waals surface area contributed by atoms with Crippen LogP contribution >= 0.6 is 0 Å². The van der Waals surface area contributed by atoms with Crippen molar-refractivity contribution in [1.29, 1.82) is 0 Å². The molecule has 17 heavy (non-hydrogen) atoms. The van der Waals surface area contributed by atoms with Gasteiger partial charge >= 0.3 is 0 Å². The van der Waals surface area contributed by atoms with Gasteiger partial charge in [0.05, 0.1) is 5.54 Å². The first-order valence-corrected chi connectivity index (χ1v) is 6.77. The van der Waals surface area contributed by atoms with Gasteiger partial charge in [-0.1, -0.05) is 0 Å². The molecule has 1 aromatic rings. The Morgan fingerprint density at radius 3 is 2.59 bits per heavy atom. The van der Waals surface area contributed by atoms with E-state index < -0.39 is 15.6 Å². The second kappa shape index (κ2) is 3.89. The molecule has 0 unspecified atom stereocenters. The minimum Gasteiger partial charge on any atom is -0.298 e. The predicted molar refractivity (Wildman–Crippen MR) is 61.8 cm³/mol. The van der Waals surface area contributed by atoms with Gasteiger partial charge in [-0.3, -0.25) is 9.78 Å². The molecule has 0 bridgehead atoms. The van der Waals surface area contributed by atoms with E-state index in [1.54, 1.807) is 19.9 Å². The Hall–Kier alpha value is -1.27. The first-order valence-electron chi connectivity index (χ1n) is 5.33. The number of carbonyl (C=O) groups excluding carboxylic acids is 1. The van der Waals surface area contributed by atoms with Gasteiger partial charge in [-0.05, 0) is 26.0 Å². The Kier molecular flexibility index (Phi) is 2.79. The van der Waals surface area contributed by atoms with Crippen LogP contribution in [-0.2, 0) is 14.8 Å². The third-order valence-corrected chi connectivity index (χ3v) is 5.13. The van der Waals surface area contributed by atoms with Crippen LogP contribution in [0.2, 0.25) is 0 Å². The van der Waals surface area contributed by atoms with E-state index in [1.165, 1.54) is 22.8 Å². The number of ketones is 1. The summed E-state index contributed by atoms with van der Waals surface area (Å²) in [5, 5.41) is 0. The van der Waals surface area contributed by atoms with Crippen LogP contribution in [0.3, 0.4) is 0 Å². The largest absolute Gasteiger partial charge is 0.298 e. The standard InChI is InChI=1S/C11H14N2O3S/c1-11(2)10(14)5-7-13(11)17(15,16)9-4-3-6-12-8-9/h3-4,6,8H,5,7H2,1-2H3. The normalized spacial score (nSPS) is 20.7. The van der Waals surface area contributed by atoms with E-state index in [-0.39, 0.29) is 23.6 Å². The predicted octanol–water partition coefficient (Wildman–Crippen LogP) is 0.824. The molecule has 0 saturated carbocycles. The highest BCUT2D eigenvalue weighted by Gasteiger charge is 2.46. The Morgan fingerprint density at radius 2 is 2.12 bits per heavy atom. The Bertz CT molecular complexity index is 537. The van der Waals surface area contributed by atoms with Crippen LogP contribution in [0, 0.1) is 0 Å². The molecule has 6 heteroatoms. The first-order chi connectivity index (χ1) is 7.87. The van der Waals surface area contributed by atoms with E-state index in [0.29, 0.717) is 0 Å². The zero-order valence-electron chi connectivity index (χ0n) is 9.75. The Labute approximate surface area is 101 Å². The zero-order chi connectivity index (χ0) is 12.7. The molecule has 2 heterocycles.